The summed E-state index contributed by atoms with van der Waals surface area (Å²) < 4.78 is 5.06. The predicted octanol–water partition coefficient (Wildman–Crippen LogP) is 2.16. The van der Waals surface area contributed by atoms with Crippen molar-refractivity contribution in [1.82, 2.24) is 0 Å². The molecule has 0 saturated heterocycles. The summed E-state index contributed by atoms with van der Waals surface area (Å²) in [5.74, 6) is 0.285. The summed E-state index contributed by atoms with van der Waals surface area (Å²) in [6.45, 7) is 4.60. The van der Waals surface area contributed by atoms with Crippen molar-refractivity contribution in [1.29, 1.82) is 0 Å². The van der Waals surface area contributed by atoms with Gasteiger partial charge in [0.1, 0.15) is 0 Å². The van der Waals surface area contributed by atoms with E-state index in [-0.39, 0.29) is 0 Å². The van der Waals surface area contributed by atoms with Crippen LogP contribution in [0.15, 0.2) is 0 Å². The molecule has 1 aliphatic carbocycles. The second kappa shape index (κ2) is 4.30. The molecule has 2 atom stereocenters. The molecule has 0 spiro atoms. The first-order valence-electron chi connectivity index (χ1n) is 5.22. The molecule has 14 heavy (non-hydrogen) atoms. The first kappa shape index (κ1) is 11.5. The van der Waals surface area contributed by atoms with Crippen LogP contribution in [0, 0.1) is 17.3 Å². The zero-order valence-electron chi connectivity index (χ0n) is 9.25. The van der Waals surface area contributed by atoms with E-state index in [0.29, 0.717) is 18.4 Å². The minimum absolute atomic E-state index is 0.344. The molecule has 0 aromatic heterocycles. The molecule has 0 amide bonds. The second-order valence-corrected chi connectivity index (χ2v) is 4.87. The lowest BCUT2D eigenvalue weighted by atomic mass is 9.66. The van der Waals surface area contributed by atoms with E-state index in [1.165, 1.54) is 0 Å². The van der Waals surface area contributed by atoms with Gasteiger partial charge in [-0.05, 0) is 31.1 Å². The molecular formula is C11H20O3. The lowest BCUT2D eigenvalue weighted by Gasteiger charge is -2.39. The fourth-order valence-corrected chi connectivity index (χ4v) is 2.90. The molecule has 0 aromatic rings. The van der Waals surface area contributed by atoms with Crippen LogP contribution in [0.2, 0.25) is 0 Å². The molecule has 0 heterocycles. The largest absolute Gasteiger partial charge is 0.481 e. The Labute approximate surface area is 85.5 Å². The van der Waals surface area contributed by atoms with Crippen LogP contribution in [-0.2, 0) is 9.53 Å². The number of carbonyl (C=O) groups is 1. The quantitative estimate of drug-likeness (QED) is 0.759. The van der Waals surface area contributed by atoms with Crippen LogP contribution in [0.5, 0.6) is 0 Å². The number of carboxylic acids is 1. The molecule has 1 aliphatic rings. The van der Waals surface area contributed by atoms with E-state index < -0.39 is 11.4 Å². The minimum atomic E-state index is -0.697. The average Bonchev–Trinajstić information content (AvgIpc) is 2.02. The fourth-order valence-electron chi connectivity index (χ4n) is 2.90. The molecule has 1 rings (SSSR count). The minimum Gasteiger partial charge on any atom is -0.481 e. The van der Waals surface area contributed by atoms with Crippen LogP contribution in [-0.4, -0.2) is 24.8 Å². The highest BCUT2D eigenvalue weighted by Crippen LogP contribution is 2.42. The molecule has 0 radical (unpaired) electrons. The van der Waals surface area contributed by atoms with Gasteiger partial charge >= 0.3 is 5.97 Å². The zero-order valence-corrected chi connectivity index (χ0v) is 9.25. The molecule has 3 heteroatoms. The van der Waals surface area contributed by atoms with E-state index in [2.05, 4.69) is 13.8 Å². The molecule has 82 valence electrons. The normalized spacial score (nSPS) is 38.2. The third-order valence-electron chi connectivity index (χ3n) is 3.16. The molecule has 0 aromatic carbocycles. The van der Waals surface area contributed by atoms with Crippen molar-refractivity contribution >= 4 is 5.97 Å². The van der Waals surface area contributed by atoms with Gasteiger partial charge < -0.3 is 9.84 Å². The molecule has 0 bridgehead atoms. The van der Waals surface area contributed by atoms with Gasteiger partial charge in [0.15, 0.2) is 0 Å². The molecular weight excluding hydrogens is 180 g/mol. The Morgan fingerprint density at radius 1 is 1.43 bits per heavy atom. The van der Waals surface area contributed by atoms with E-state index in [4.69, 9.17) is 4.74 Å². The Morgan fingerprint density at radius 3 is 2.29 bits per heavy atom. The van der Waals surface area contributed by atoms with Crippen molar-refractivity contribution in [2.75, 3.05) is 13.7 Å². The maximum absolute atomic E-state index is 11.3. The average molecular weight is 200 g/mol. The first-order valence-corrected chi connectivity index (χ1v) is 5.22. The van der Waals surface area contributed by atoms with E-state index in [1.54, 1.807) is 7.11 Å². The molecule has 3 nitrogen and oxygen atoms in total. The Morgan fingerprint density at radius 2 is 1.93 bits per heavy atom. The van der Waals surface area contributed by atoms with Gasteiger partial charge in [-0.3, -0.25) is 4.79 Å². The molecule has 2 unspecified atom stereocenters. The van der Waals surface area contributed by atoms with Crippen molar-refractivity contribution in [3.63, 3.8) is 0 Å². The van der Waals surface area contributed by atoms with Crippen molar-refractivity contribution < 1.29 is 14.6 Å². The lowest BCUT2D eigenvalue weighted by molar-refractivity contribution is -0.157. The summed E-state index contributed by atoms with van der Waals surface area (Å²) in [4.78, 5) is 11.3. The Bertz CT molecular complexity index is 203. The van der Waals surface area contributed by atoms with Gasteiger partial charge in [0.05, 0.1) is 12.0 Å². The van der Waals surface area contributed by atoms with Gasteiger partial charge in [-0.2, -0.15) is 0 Å². The van der Waals surface area contributed by atoms with Gasteiger partial charge in [-0.25, -0.2) is 0 Å². The molecule has 1 fully saturated rings. The highest BCUT2D eigenvalue weighted by atomic mass is 16.5. The lowest BCUT2D eigenvalue weighted by Crippen LogP contribution is -2.42. The van der Waals surface area contributed by atoms with Gasteiger partial charge in [0.25, 0.3) is 0 Å². The molecule has 0 aliphatic heterocycles. The number of hydrogen-bond acceptors (Lipinski definition) is 2. The van der Waals surface area contributed by atoms with Crippen molar-refractivity contribution in [2.24, 2.45) is 17.3 Å². The zero-order chi connectivity index (χ0) is 10.8. The van der Waals surface area contributed by atoms with E-state index >= 15 is 0 Å². The Balaban J connectivity index is 2.79. The topological polar surface area (TPSA) is 46.5 Å². The SMILES string of the molecule is COCC1(C(=O)O)CC(C)CC(C)C1. The number of methoxy groups -OCH3 is 1. The summed E-state index contributed by atoms with van der Waals surface area (Å²) in [6, 6.07) is 0. The third kappa shape index (κ3) is 2.27. The number of ether oxygens (including phenoxy) is 1. The van der Waals surface area contributed by atoms with Gasteiger partial charge in [0, 0.05) is 7.11 Å². The highest BCUT2D eigenvalue weighted by molar-refractivity contribution is 5.75. The molecule has 1 saturated carbocycles. The maximum atomic E-state index is 11.3. The first-order chi connectivity index (χ1) is 6.50. The highest BCUT2D eigenvalue weighted by Gasteiger charge is 2.44. The third-order valence-corrected chi connectivity index (χ3v) is 3.16. The summed E-state index contributed by atoms with van der Waals surface area (Å²) in [5, 5.41) is 9.28. The number of carboxylic acid groups (broad SMARTS) is 1. The van der Waals surface area contributed by atoms with Crippen LogP contribution in [0.3, 0.4) is 0 Å². The van der Waals surface area contributed by atoms with Crippen molar-refractivity contribution in [3.8, 4) is 0 Å². The second-order valence-electron chi connectivity index (χ2n) is 4.87. The smallest absolute Gasteiger partial charge is 0.312 e. The van der Waals surface area contributed by atoms with Gasteiger partial charge in [-0.15, -0.1) is 0 Å². The van der Waals surface area contributed by atoms with Crippen LogP contribution in [0.25, 0.3) is 0 Å². The van der Waals surface area contributed by atoms with Gasteiger partial charge in [0.2, 0.25) is 0 Å². The van der Waals surface area contributed by atoms with E-state index in [0.717, 1.165) is 19.3 Å². The van der Waals surface area contributed by atoms with E-state index in [1.807, 2.05) is 0 Å². The van der Waals surface area contributed by atoms with Crippen LogP contribution in [0.1, 0.15) is 33.1 Å². The standard InChI is InChI=1S/C11H20O3/c1-8-4-9(2)6-11(5-8,7-14-3)10(12)13/h8-9H,4-7H2,1-3H3,(H,12,13). The Hall–Kier alpha value is -0.570. The van der Waals surface area contributed by atoms with Crippen molar-refractivity contribution in [3.05, 3.63) is 0 Å². The van der Waals surface area contributed by atoms with Crippen molar-refractivity contribution in [2.45, 2.75) is 33.1 Å². The van der Waals surface area contributed by atoms with Crippen LogP contribution in [0.4, 0.5) is 0 Å². The van der Waals surface area contributed by atoms with Crippen LogP contribution < -0.4 is 0 Å². The maximum Gasteiger partial charge on any atom is 0.312 e. The van der Waals surface area contributed by atoms with Gasteiger partial charge in [-0.1, -0.05) is 13.8 Å². The molecule has 1 N–H and O–H groups in total. The Kier molecular flexibility index (Phi) is 3.53. The summed E-state index contributed by atoms with van der Waals surface area (Å²) in [5.41, 5.74) is -0.633. The summed E-state index contributed by atoms with van der Waals surface area (Å²) >= 11 is 0. The van der Waals surface area contributed by atoms with Crippen LogP contribution >= 0.6 is 0 Å². The number of aliphatic carboxylic acids is 1. The number of hydrogen-bond donors (Lipinski definition) is 1. The van der Waals surface area contributed by atoms with E-state index in [9.17, 15) is 9.90 Å². The summed E-state index contributed by atoms with van der Waals surface area (Å²) in [6.07, 6.45) is 2.64. The number of rotatable bonds is 3. The predicted molar refractivity (Wildman–Crippen MR) is 54.1 cm³/mol. The fraction of sp³-hybridized carbons (Fsp3) is 0.909. The monoisotopic (exact) mass is 200 g/mol. The summed E-state index contributed by atoms with van der Waals surface area (Å²) in [7, 11) is 1.58.